The third-order valence-corrected chi connectivity index (χ3v) is 3.42. The van der Waals surface area contributed by atoms with Crippen LogP contribution in [0.25, 0.3) is 0 Å². The lowest BCUT2D eigenvalue weighted by Gasteiger charge is -2.05. The predicted molar refractivity (Wildman–Crippen MR) is 67.6 cm³/mol. The van der Waals surface area contributed by atoms with Crippen molar-refractivity contribution < 1.29 is 9.18 Å². The molecule has 0 bridgehead atoms. The molecule has 0 saturated heterocycles. The van der Waals surface area contributed by atoms with Crippen molar-refractivity contribution in [3.8, 4) is 0 Å². The molecule has 0 aliphatic heterocycles. The first-order chi connectivity index (χ1) is 7.49. The lowest BCUT2D eigenvalue weighted by Crippen LogP contribution is -2.05. The van der Waals surface area contributed by atoms with Gasteiger partial charge in [-0.3, -0.25) is 4.79 Å². The van der Waals surface area contributed by atoms with E-state index in [1.807, 2.05) is 0 Å². The van der Waals surface area contributed by atoms with Crippen LogP contribution < -0.4 is 0 Å². The van der Waals surface area contributed by atoms with E-state index in [0.29, 0.717) is 17.2 Å². The Bertz CT molecular complexity index is 354. The maximum Gasteiger partial charge on any atom is 0.172 e. The topological polar surface area (TPSA) is 17.1 Å². The van der Waals surface area contributed by atoms with E-state index in [1.165, 1.54) is 12.1 Å². The maximum atomic E-state index is 13.1. The van der Waals surface area contributed by atoms with Crippen LogP contribution in [0.5, 0.6) is 0 Å². The number of aryl methyl sites for hydroxylation is 1. The molecule has 88 valence electrons. The van der Waals surface area contributed by atoms with Gasteiger partial charge in [0.15, 0.2) is 5.78 Å². The van der Waals surface area contributed by atoms with Crippen molar-refractivity contribution in [1.82, 2.24) is 0 Å². The molecule has 0 fully saturated rings. The number of benzene rings is 1. The number of halogens is 1. The minimum Gasteiger partial charge on any atom is -0.293 e. The molecule has 0 radical (unpaired) electrons. The Morgan fingerprint density at radius 1 is 1.38 bits per heavy atom. The molecule has 0 amide bonds. The van der Waals surface area contributed by atoms with Gasteiger partial charge in [-0.1, -0.05) is 13.8 Å². The van der Waals surface area contributed by atoms with Gasteiger partial charge in [0.2, 0.25) is 0 Å². The summed E-state index contributed by atoms with van der Waals surface area (Å²) in [6.45, 7) is 6.02. The van der Waals surface area contributed by atoms with Crippen molar-refractivity contribution in [2.75, 3.05) is 11.5 Å². The maximum absolute atomic E-state index is 13.1. The van der Waals surface area contributed by atoms with Crippen LogP contribution in [0, 0.1) is 18.7 Å². The van der Waals surface area contributed by atoms with Crippen molar-refractivity contribution in [3.05, 3.63) is 35.1 Å². The van der Waals surface area contributed by atoms with Crippen molar-refractivity contribution in [3.63, 3.8) is 0 Å². The molecular formula is C13H17FOS. The van der Waals surface area contributed by atoms with E-state index < -0.39 is 0 Å². The van der Waals surface area contributed by atoms with E-state index >= 15 is 0 Å². The first-order valence-electron chi connectivity index (χ1n) is 5.37. The molecule has 1 rings (SSSR count). The average Bonchev–Trinajstić information content (AvgIpc) is 2.15. The van der Waals surface area contributed by atoms with Gasteiger partial charge in [-0.15, -0.1) is 0 Å². The van der Waals surface area contributed by atoms with E-state index in [9.17, 15) is 9.18 Å². The van der Waals surface area contributed by atoms with Crippen LogP contribution in [0.3, 0.4) is 0 Å². The number of rotatable bonds is 5. The lowest BCUT2D eigenvalue weighted by molar-refractivity contribution is 0.102. The van der Waals surface area contributed by atoms with Crippen LogP contribution in [0.4, 0.5) is 4.39 Å². The van der Waals surface area contributed by atoms with Gasteiger partial charge in [0.05, 0.1) is 5.75 Å². The summed E-state index contributed by atoms with van der Waals surface area (Å²) in [5.74, 6) is 1.64. The van der Waals surface area contributed by atoms with Gasteiger partial charge < -0.3 is 0 Å². The molecule has 0 aromatic heterocycles. The van der Waals surface area contributed by atoms with Gasteiger partial charge in [-0.25, -0.2) is 4.39 Å². The molecule has 0 spiro atoms. The number of carbonyl (C=O) groups excluding carboxylic acids is 1. The number of Topliss-reactive ketones (excluding diaryl/α,β-unsaturated/α-hetero) is 1. The molecule has 0 unspecified atom stereocenters. The fraction of sp³-hybridized carbons (Fsp3) is 0.462. The van der Waals surface area contributed by atoms with Crippen molar-refractivity contribution >= 4 is 17.5 Å². The number of carbonyl (C=O) groups is 1. The average molecular weight is 240 g/mol. The highest BCUT2D eigenvalue weighted by atomic mass is 32.2. The fourth-order valence-electron chi connectivity index (χ4n) is 1.37. The molecule has 3 heteroatoms. The van der Waals surface area contributed by atoms with E-state index in [4.69, 9.17) is 0 Å². The van der Waals surface area contributed by atoms with Gasteiger partial charge >= 0.3 is 0 Å². The van der Waals surface area contributed by atoms with Gasteiger partial charge in [0, 0.05) is 5.56 Å². The van der Waals surface area contributed by atoms with Crippen LogP contribution in [0.2, 0.25) is 0 Å². The number of hydrogen-bond donors (Lipinski definition) is 0. The van der Waals surface area contributed by atoms with Crippen LogP contribution in [-0.2, 0) is 0 Å². The Balaban J connectivity index is 2.59. The SMILES string of the molecule is Cc1cc(F)cc(C(=O)CSCC(C)C)c1. The van der Waals surface area contributed by atoms with E-state index in [1.54, 1.807) is 24.8 Å². The highest BCUT2D eigenvalue weighted by Crippen LogP contribution is 2.13. The number of hydrogen-bond acceptors (Lipinski definition) is 2. The first-order valence-corrected chi connectivity index (χ1v) is 6.52. The predicted octanol–water partition coefficient (Wildman–Crippen LogP) is 3.71. The van der Waals surface area contributed by atoms with Gasteiger partial charge in [-0.2, -0.15) is 11.8 Å². The van der Waals surface area contributed by atoms with Crippen molar-refractivity contribution in [1.29, 1.82) is 0 Å². The summed E-state index contributed by atoms with van der Waals surface area (Å²) in [6, 6.07) is 4.48. The van der Waals surface area contributed by atoms with E-state index in [0.717, 1.165) is 11.3 Å². The third kappa shape index (κ3) is 4.35. The zero-order chi connectivity index (χ0) is 12.1. The molecule has 0 N–H and O–H groups in total. The third-order valence-electron chi connectivity index (χ3n) is 2.05. The minimum absolute atomic E-state index is 0.00764. The van der Waals surface area contributed by atoms with E-state index in [-0.39, 0.29) is 11.6 Å². The van der Waals surface area contributed by atoms with E-state index in [2.05, 4.69) is 13.8 Å². The molecule has 0 atom stereocenters. The normalized spacial score (nSPS) is 10.8. The summed E-state index contributed by atoms with van der Waals surface area (Å²) in [5.41, 5.74) is 1.27. The second-order valence-electron chi connectivity index (χ2n) is 4.35. The summed E-state index contributed by atoms with van der Waals surface area (Å²) < 4.78 is 13.1. The largest absolute Gasteiger partial charge is 0.293 e. The quantitative estimate of drug-likeness (QED) is 0.730. The lowest BCUT2D eigenvalue weighted by atomic mass is 10.1. The Morgan fingerprint density at radius 2 is 2.06 bits per heavy atom. The fourth-order valence-corrected chi connectivity index (χ4v) is 2.31. The van der Waals surface area contributed by atoms with Crippen molar-refractivity contribution in [2.24, 2.45) is 5.92 Å². The zero-order valence-electron chi connectivity index (χ0n) is 9.92. The Labute approximate surface area is 100 Å². The Hall–Kier alpha value is -0.830. The summed E-state index contributed by atoms with van der Waals surface area (Å²) >= 11 is 1.60. The van der Waals surface area contributed by atoms with Gasteiger partial charge in [0.25, 0.3) is 0 Å². The summed E-state index contributed by atoms with van der Waals surface area (Å²) in [7, 11) is 0. The highest BCUT2D eigenvalue weighted by Gasteiger charge is 2.08. The molecule has 16 heavy (non-hydrogen) atoms. The second kappa shape index (κ2) is 6.04. The van der Waals surface area contributed by atoms with Crippen LogP contribution >= 0.6 is 11.8 Å². The summed E-state index contributed by atoms with van der Waals surface area (Å²) in [4.78, 5) is 11.7. The first kappa shape index (κ1) is 13.2. The molecular weight excluding hydrogens is 223 g/mol. The molecule has 1 aromatic carbocycles. The monoisotopic (exact) mass is 240 g/mol. The molecule has 0 aliphatic rings. The summed E-state index contributed by atoms with van der Waals surface area (Å²) in [5, 5.41) is 0. The van der Waals surface area contributed by atoms with Crippen LogP contribution in [0.1, 0.15) is 29.8 Å². The summed E-state index contributed by atoms with van der Waals surface area (Å²) in [6.07, 6.45) is 0. The number of thioether (sulfide) groups is 1. The number of ketones is 1. The van der Waals surface area contributed by atoms with Crippen LogP contribution in [0.15, 0.2) is 18.2 Å². The smallest absolute Gasteiger partial charge is 0.172 e. The standard InChI is InChI=1S/C13H17FOS/c1-9(2)7-16-8-13(15)11-4-10(3)5-12(14)6-11/h4-6,9H,7-8H2,1-3H3. The van der Waals surface area contributed by atoms with Crippen LogP contribution in [-0.4, -0.2) is 17.3 Å². The van der Waals surface area contributed by atoms with Crippen molar-refractivity contribution in [2.45, 2.75) is 20.8 Å². The second-order valence-corrected chi connectivity index (χ2v) is 5.38. The molecule has 1 nitrogen and oxygen atoms in total. The Morgan fingerprint density at radius 3 is 2.62 bits per heavy atom. The van der Waals surface area contributed by atoms with Gasteiger partial charge in [-0.05, 0) is 42.4 Å². The molecule has 0 heterocycles. The van der Waals surface area contributed by atoms with Gasteiger partial charge in [0.1, 0.15) is 5.82 Å². The zero-order valence-corrected chi connectivity index (χ0v) is 10.7. The molecule has 0 saturated carbocycles. The molecule has 0 aliphatic carbocycles. The Kier molecular flexibility index (Phi) is 5.00. The highest BCUT2D eigenvalue weighted by molar-refractivity contribution is 7.99. The molecule has 1 aromatic rings. The minimum atomic E-state index is -0.336.